The highest BCUT2D eigenvalue weighted by atomic mass is 35.5. The molecule has 0 unspecified atom stereocenters. The summed E-state index contributed by atoms with van der Waals surface area (Å²) in [4.78, 5) is 11.9. The number of carbonyl (C=O) groups is 1. The minimum atomic E-state index is -0.325. The molecule has 1 aromatic heterocycles. The Labute approximate surface area is 158 Å². The van der Waals surface area contributed by atoms with E-state index in [-0.39, 0.29) is 12.5 Å². The Bertz CT molecular complexity index is 868. The molecule has 1 amide bonds. The molecule has 128 valence electrons. The number of nitrogens with one attached hydrogen (secondary N) is 1. The van der Waals surface area contributed by atoms with Gasteiger partial charge in [-0.05, 0) is 29.8 Å². The molecule has 0 saturated heterocycles. The lowest BCUT2D eigenvalue weighted by molar-refractivity contribution is -0.118. The van der Waals surface area contributed by atoms with E-state index in [1.165, 1.54) is 11.3 Å². The second-order valence-electron chi connectivity index (χ2n) is 5.07. The minimum absolute atomic E-state index is 0.157. The number of nitrogens with zero attached hydrogens (tertiary/aromatic N) is 2. The van der Waals surface area contributed by atoms with Gasteiger partial charge in [-0.3, -0.25) is 10.1 Å². The number of aromatic nitrogens is 2. The van der Waals surface area contributed by atoms with Crippen molar-refractivity contribution in [1.82, 2.24) is 10.2 Å². The van der Waals surface area contributed by atoms with Crippen LogP contribution in [0.1, 0.15) is 10.6 Å². The van der Waals surface area contributed by atoms with Gasteiger partial charge in [0.2, 0.25) is 5.13 Å². The predicted octanol–water partition coefficient (Wildman–Crippen LogP) is 4.45. The number of ether oxygens (including phenoxy) is 1. The summed E-state index contributed by atoms with van der Waals surface area (Å²) in [7, 11) is 0. The number of benzene rings is 2. The van der Waals surface area contributed by atoms with Gasteiger partial charge in [-0.2, -0.15) is 0 Å². The summed E-state index contributed by atoms with van der Waals surface area (Å²) in [5.41, 5.74) is 1.07. The van der Waals surface area contributed by atoms with Crippen molar-refractivity contribution in [3.63, 3.8) is 0 Å². The van der Waals surface area contributed by atoms with Crippen LogP contribution >= 0.6 is 34.5 Å². The largest absolute Gasteiger partial charge is 0.482 e. The van der Waals surface area contributed by atoms with Gasteiger partial charge in [-0.25, -0.2) is 0 Å². The van der Waals surface area contributed by atoms with E-state index in [1.54, 1.807) is 24.3 Å². The van der Waals surface area contributed by atoms with Gasteiger partial charge < -0.3 is 4.74 Å². The Morgan fingerprint density at radius 1 is 1.08 bits per heavy atom. The lowest BCUT2D eigenvalue weighted by atomic mass is 10.2. The second kappa shape index (κ2) is 8.29. The number of anilines is 1. The summed E-state index contributed by atoms with van der Waals surface area (Å²) in [6.07, 6.45) is 0.626. The minimum Gasteiger partial charge on any atom is -0.482 e. The Morgan fingerprint density at radius 3 is 2.60 bits per heavy atom. The molecule has 0 atom stereocenters. The van der Waals surface area contributed by atoms with Gasteiger partial charge in [-0.15, -0.1) is 10.2 Å². The van der Waals surface area contributed by atoms with Crippen molar-refractivity contribution in [3.05, 3.63) is 69.1 Å². The maximum absolute atomic E-state index is 11.9. The summed E-state index contributed by atoms with van der Waals surface area (Å²) in [5, 5.41) is 13.1. The Balaban J connectivity index is 1.53. The van der Waals surface area contributed by atoms with E-state index >= 15 is 0 Å². The zero-order chi connectivity index (χ0) is 17.6. The molecule has 3 aromatic rings. The maximum atomic E-state index is 11.9. The van der Waals surface area contributed by atoms with Crippen LogP contribution < -0.4 is 10.1 Å². The topological polar surface area (TPSA) is 64.1 Å². The average Bonchev–Trinajstić information content (AvgIpc) is 3.03. The van der Waals surface area contributed by atoms with Crippen molar-refractivity contribution in [3.8, 4) is 5.75 Å². The molecule has 2 aromatic carbocycles. The first-order valence-corrected chi connectivity index (χ1v) is 8.91. The van der Waals surface area contributed by atoms with Crippen molar-refractivity contribution < 1.29 is 9.53 Å². The molecule has 0 aliphatic rings. The molecule has 5 nitrogen and oxygen atoms in total. The quantitative estimate of drug-likeness (QED) is 0.671. The van der Waals surface area contributed by atoms with E-state index < -0.39 is 0 Å². The van der Waals surface area contributed by atoms with Crippen molar-refractivity contribution in [2.24, 2.45) is 0 Å². The van der Waals surface area contributed by atoms with E-state index in [2.05, 4.69) is 15.5 Å². The summed E-state index contributed by atoms with van der Waals surface area (Å²) in [6.45, 7) is -0.157. The molecule has 25 heavy (non-hydrogen) atoms. The van der Waals surface area contributed by atoms with Crippen LogP contribution in [-0.2, 0) is 11.2 Å². The molecule has 1 N–H and O–H groups in total. The van der Waals surface area contributed by atoms with Gasteiger partial charge in [0.25, 0.3) is 5.91 Å². The summed E-state index contributed by atoms with van der Waals surface area (Å²) >= 11 is 13.2. The zero-order valence-corrected chi connectivity index (χ0v) is 15.2. The third-order valence-electron chi connectivity index (χ3n) is 3.18. The first-order valence-electron chi connectivity index (χ1n) is 7.34. The highest BCUT2D eigenvalue weighted by Gasteiger charge is 2.10. The van der Waals surface area contributed by atoms with Crippen LogP contribution in [0, 0.1) is 0 Å². The summed E-state index contributed by atoms with van der Waals surface area (Å²) in [6, 6.07) is 14.5. The number of para-hydroxylation sites is 1. The molecule has 0 aliphatic heterocycles. The Morgan fingerprint density at radius 2 is 1.84 bits per heavy atom. The fourth-order valence-corrected chi connectivity index (χ4v) is 3.12. The smallest absolute Gasteiger partial charge is 0.264 e. The first-order chi connectivity index (χ1) is 12.1. The van der Waals surface area contributed by atoms with Crippen LogP contribution in [0.2, 0.25) is 10.0 Å². The molecule has 0 fully saturated rings. The van der Waals surface area contributed by atoms with Gasteiger partial charge in [0.15, 0.2) is 6.61 Å². The molecule has 8 heteroatoms. The van der Waals surface area contributed by atoms with Gasteiger partial charge in [-0.1, -0.05) is 58.8 Å². The van der Waals surface area contributed by atoms with Crippen LogP contribution in [-0.4, -0.2) is 22.7 Å². The van der Waals surface area contributed by atoms with E-state index in [4.69, 9.17) is 27.9 Å². The first kappa shape index (κ1) is 17.7. The number of rotatable bonds is 6. The molecule has 1 heterocycles. The second-order valence-corrected chi connectivity index (χ2v) is 6.98. The van der Waals surface area contributed by atoms with Crippen LogP contribution in [0.5, 0.6) is 5.75 Å². The number of amides is 1. The van der Waals surface area contributed by atoms with Crippen LogP contribution in [0.3, 0.4) is 0 Å². The fraction of sp³-hybridized carbons (Fsp3) is 0.118. The average molecular weight is 394 g/mol. The number of hydrogen-bond donors (Lipinski definition) is 1. The predicted molar refractivity (Wildman–Crippen MR) is 99.7 cm³/mol. The molecular formula is C17H13Cl2N3O2S. The summed E-state index contributed by atoms with van der Waals surface area (Å²) in [5.74, 6) is 0.133. The molecule has 0 saturated carbocycles. The van der Waals surface area contributed by atoms with Crippen LogP contribution in [0.25, 0.3) is 0 Å². The third kappa shape index (κ3) is 5.16. The van der Waals surface area contributed by atoms with Crippen LogP contribution in [0.4, 0.5) is 5.13 Å². The normalized spacial score (nSPS) is 10.5. The Kier molecular flexibility index (Phi) is 5.86. The van der Waals surface area contributed by atoms with Crippen molar-refractivity contribution in [1.29, 1.82) is 0 Å². The van der Waals surface area contributed by atoms with E-state index in [9.17, 15) is 4.79 Å². The van der Waals surface area contributed by atoms with Crippen molar-refractivity contribution in [2.45, 2.75) is 6.42 Å². The van der Waals surface area contributed by atoms with Gasteiger partial charge in [0.1, 0.15) is 10.8 Å². The lowest BCUT2D eigenvalue weighted by Gasteiger charge is -2.06. The maximum Gasteiger partial charge on any atom is 0.264 e. The molecule has 3 rings (SSSR count). The van der Waals surface area contributed by atoms with Gasteiger partial charge >= 0.3 is 0 Å². The number of hydrogen-bond acceptors (Lipinski definition) is 5. The SMILES string of the molecule is O=C(COc1ccccc1Cl)Nc1nnc(Cc2ccc(Cl)cc2)s1. The highest BCUT2D eigenvalue weighted by Crippen LogP contribution is 2.23. The zero-order valence-electron chi connectivity index (χ0n) is 12.9. The van der Waals surface area contributed by atoms with Crippen molar-refractivity contribution in [2.75, 3.05) is 11.9 Å². The molecule has 0 radical (unpaired) electrons. The molecule has 0 aliphatic carbocycles. The van der Waals surface area contributed by atoms with Gasteiger partial charge in [0, 0.05) is 11.4 Å². The fourth-order valence-electron chi connectivity index (χ4n) is 2.01. The number of halogens is 2. The van der Waals surface area contributed by atoms with Crippen LogP contribution in [0.15, 0.2) is 48.5 Å². The van der Waals surface area contributed by atoms with Crippen molar-refractivity contribution >= 4 is 45.6 Å². The third-order valence-corrected chi connectivity index (χ3v) is 4.58. The standard InChI is InChI=1S/C17H13Cl2N3O2S/c18-12-7-5-11(6-8-12)9-16-21-22-17(25-16)20-15(23)10-24-14-4-2-1-3-13(14)19/h1-8H,9-10H2,(H,20,22,23). The molecule has 0 spiro atoms. The lowest BCUT2D eigenvalue weighted by Crippen LogP contribution is -2.20. The monoisotopic (exact) mass is 393 g/mol. The highest BCUT2D eigenvalue weighted by molar-refractivity contribution is 7.15. The van der Waals surface area contributed by atoms with E-state index in [0.29, 0.717) is 27.3 Å². The van der Waals surface area contributed by atoms with E-state index in [1.807, 2.05) is 24.3 Å². The van der Waals surface area contributed by atoms with E-state index in [0.717, 1.165) is 10.6 Å². The number of carbonyl (C=O) groups excluding carboxylic acids is 1. The molecular weight excluding hydrogens is 381 g/mol. The molecule has 0 bridgehead atoms. The summed E-state index contributed by atoms with van der Waals surface area (Å²) < 4.78 is 5.38. The van der Waals surface area contributed by atoms with Gasteiger partial charge in [0.05, 0.1) is 5.02 Å². The Hall–Kier alpha value is -2.15.